The fourth-order valence-corrected chi connectivity index (χ4v) is 1.09. The zero-order valence-corrected chi connectivity index (χ0v) is 7.43. The third kappa shape index (κ3) is 1.80. The molecule has 0 aliphatic carbocycles. The first-order chi connectivity index (χ1) is 5.65. The molecule has 1 aromatic carbocycles. The Kier molecular flexibility index (Phi) is 2.78. The first-order valence-corrected chi connectivity index (χ1v) is 3.84. The van der Waals surface area contributed by atoms with E-state index >= 15 is 0 Å². The maximum Gasteiger partial charge on any atom is 0.277 e. The molecule has 0 radical (unpaired) electrons. The van der Waals surface area contributed by atoms with Crippen LogP contribution < -0.4 is 5.48 Å². The Labute approximate surface area is 76.3 Å². The maximum atomic E-state index is 12.8. The molecule has 0 unspecified atom stereocenters. The lowest BCUT2D eigenvalue weighted by Crippen LogP contribution is -2.19. The lowest BCUT2D eigenvalue weighted by Gasteiger charge is -2.00. The second kappa shape index (κ2) is 3.64. The zero-order chi connectivity index (χ0) is 9.14. The van der Waals surface area contributed by atoms with Gasteiger partial charge in [0, 0.05) is 4.47 Å². The molecule has 12 heavy (non-hydrogen) atoms. The van der Waals surface area contributed by atoms with Crippen molar-refractivity contribution in [2.45, 2.75) is 0 Å². The fourth-order valence-electron chi connectivity index (χ4n) is 0.732. The highest BCUT2D eigenvalue weighted by Gasteiger charge is 2.10. The first kappa shape index (κ1) is 9.15. The highest BCUT2D eigenvalue weighted by Crippen LogP contribution is 2.14. The minimum atomic E-state index is -0.867. The van der Waals surface area contributed by atoms with Crippen LogP contribution in [0.3, 0.4) is 0 Å². The van der Waals surface area contributed by atoms with Gasteiger partial charge in [0.15, 0.2) is 0 Å². The van der Waals surface area contributed by atoms with E-state index in [4.69, 9.17) is 5.21 Å². The topological polar surface area (TPSA) is 49.3 Å². The Morgan fingerprint density at radius 2 is 2.25 bits per heavy atom. The number of benzene rings is 1. The Hall–Kier alpha value is -0.940. The molecule has 0 bridgehead atoms. The van der Waals surface area contributed by atoms with Gasteiger partial charge >= 0.3 is 0 Å². The van der Waals surface area contributed by atoms with Crippen LogP contribution in [0.25, 0.3) is 0 Å². The third-order valence-corrected chi connectivity index (χ3v) is 1.77. The minimum Gasteiger partial charge on any atom is -0.288 e. The second-order valence-electron chi connectivity index (χ2n) is 2.07. The summed E-state index contributed by atoms with van der Waals surface area (Å²) in [5, 5.41) is 8.22. The average molecular weight is 234 g/mol. The van der Waals surface area contributed by atoms with E-state index in [1.807, 2.05) is 0 Å². The zero-order valence-electron chi connectivity index (χ0n) is 5.84. The molecule has 0 aliphatic heterocycles. The number of hydroxylamine groups is 1. The van der Waals surface area contributed by atoms with Gasteiger partial charge in [0.1, 0.15) is 5.82 Å². The van der Waals surface area contributed by atoms with Crippen molar-refractivity contribution in [2.75, 3.05) is 0 Å². The van der Waals surface area contributed by atoms with E-state index in [-0.39, 0.29) is 5.56 Å². The number of hydrogen-bond donors (Lipinski definition) is 2. The van der Waals surface area contributed by atoms with Crippen LogP contribution in [0.15, 0.2) is 22.7 Å². The monoisotopic (exact) mass is 233 g/mol. The molecule has 0 saturated carbocycles. The summed E-state index contributed by atoms with van der Waals surface area (Å²) in [6.45, 7) is 0. The van der Waals surface area contributed by atoms with Crippen molar-refractivity contribution in [1.82, 2.24) is 5.48 Å². The normalized spacial score (nSPS) is 9.58. The van der Waals surface area contributed by atoms with Crippen molar-refractivity contribution in [2.24, 2.45) is 0 Å². The highest BCUT2D eigenvalue weighted by atomic mass is 79.9. The number of nitrogens with one attached hydrogen (secondary N) is 1. The molecule has 0 atom stereocenters. The smallest absolute Gasteiger partial charge is 0.277 e. The van der Waals surface area contributed by atoms with Gasteiger partial charge in [-0.3, -0.25) is 10.0 Å². The molecule has 64 valence electrons. The number of amides is 1. The Morgan fingerprint density at radius 1 is 1.58 bits per heavy atom. The van der Waals surface area contributed by atoms with Gasteiger partial charge in [0.05, 0.1) is 5.56 Å². The molecule has 0 heterocycles. The first-order valence-electron chi connectivity index (χ1n) is 3.04. The van der Waals surface area contributed by atoms with E-state index in [2.05, 4.69) is 15.9 Å². The summed E-state index contributed by atoms with van der Waals surface area (Å²) in [5.74, 6) is -1.54. The number of carbonyl (C=O) groups is 1. The van der Waals surface area contributed by atoms with E-state index < -0.39 is 11.7 Å². The number of rotatable bonds is 1. The second-order valence-corrected chi connectivity index (χ2v) is 2.98. The summed E-state index contributed by atoms with van der Waals surface area (Å²) in [5.41, 5.74) is 1.15. The van der Waals surface area contributed by atoms with E-state index in [1.165, 1.54) is 17.6 Å². The third-order valence-electron chi connectivity index (χ3n) is 1.27. The predicted octanol–water partition coefficient (Wildman–Crippen LogP) is 1.71. The van der Waals surface area contributed by atoms with Crippen molar-refractivity contribution in [3.05, 3.63) is 34.1 Å². The van der Waals surface area contributed by atoms with Crippen LogP contribution in [0.2, 0.25) is 0 Å². The van der Waals surface area contributed by atoms with Crippen LogP contribution in [-0.4, -0.2) is 11.1 Å². The number of hydrogen-bond acceptors (Lipinski definition) is 2. The summed E-state index contributed by atoms with van der Waals surface area (Å²) >= 11 is 3.07. The van der Waals surface area contributed by atoms with Gasteiger partial charge in [0.25, 0.3) is 5.91 Å². The molecule has 5 heteroatoms. The quantitative estimate of drug-likeness (QED) is 0.574. The summed E-state index contributed by atoms with van der Waals surface area (Å²) in [7, 11) is 0. The fraction of sp³-hybridized carbons (Fsp3) is 0. The van der Waals surface area contributed by atoms with E-state index in [0.29, 0.717) is 4.47 Å². The van der Waals surface area contributed by atoms with E-state index in [0.717, 1.165) is 6.07 Å². The van der Waals surface area contributed by atoms with E-state index in [1.54, 1.807) is 0 Å². The standard InChI is InChI=1S/C7H5BrFNO2/c8-4-1-2-6(9)5(3-4)7(11)10-12/h1-3,12H,(H,10,11). The van der Waals surface area contributed by atoms with Crippen LogP contribution in [0.5, 0.6) is 0 Å². The summed E-state index contributed by atoms with van der Waals surface area (Å²) < 4.78 is 13.4. The molecule has 0 fully saturated rings. The van der Waals surface area contributed by atoms with Crippen molar-refractivity contribution in [1.29, 1.82) is 0 Å². The van der Waals surface area contributed by atoms with Crippen LogP contribution in [0.4, 0.5) is 4.39 Å². The molecule has 0 spiro atoms. The van der Waals surface area contributed by atoms with Crippen LogP contribution in [0, 0.1) is 5.82 Å². The number of halogens is 2. The molecule has 0 aliphatic rings. The van der Waals surface area contributed by atoms with Gasteiger partial charge in [-0.25, -0.2) is 9.87 Å². The minimum absolute atomic E-state index is 0.202. The maximum absolute atomic E-state index is 12.8. The molecule has 1 rings (SSSR count). The van der Waals surface area contributed by atoms with Crippen molar-refractivity contribution in [3.8, 4) is 0 Å². The lowest BCUT2D eigenvalue weighted by atomic mass is 10.2. The van der Waals surface area contributed by atoms with Gasteiger partial charge in [-0.05, 0) is 18.2 Å². The molecule has 3 nitrogen and oxygen atoms in total. The van der Waals surface area contributed by atoms with Crippen molar-refractivity contribution in [3.63, 3.8) is 0 Å². The summed E-state index contributed by atoms with van der Waals surface area (Å²) in [4.78, 5) is 10.8. The molecular weight excluding hydrogens is 229 g/mol. The van der Waals surface area contributed by atoms with Gasteiger partial charge in [-0.1, -0.05) is 15.9 Å². The van der Waals surface area contributed by atoms with E-state index in [9.17, 15) is 9.18 Å². The number of carbonyl (C=O) groups excluding carboxylic acids is 1. The van der Waals surface area contributed by atoms with Gasteiger partial charge in [-0.2, -0.15) is 0 Å². The summed E-state index contributed by atoms with van der Waals surface area (Å²) in [6, 6.07) is 3.87. The molecule has 1 amide bonds. The Balaban J connectivity index is 3.13. The average Bonchev–Trinajstić information content (AvgIpc) is 2.08. The largest absolute Gasteiger partial charge is 0.288 e. The van der Waals surface area contributed by atoms with Gasteiger partial charge < -0.3 is 0 Å². The van der Waals surface area contributed by atoms with Gasteiger partial charge in [-0.15, -0.1) is 0 Å². The van der Waals surface area contributed by atoms with Crippen LogP contribution in [-0.2, 0) is 0 Å². The summed E-state index contributed by atoms with van der Waals surface area (Å²) in [6.07, 6.45) is 0. The van der Waals surface area contributed by atoms with Gasteiger partial charge in [0.2, 0.25) is 0 Å². The highest BCUT2D eigenvalue weighted by molar-refractivity contribution is 9.10. The molecule has 0 saturated heterocycles. The molecule has 1 aromatic rings. The Morgan fingerprint density at radius 3 is 2.83 bits per heavy atom. The molecule has 0 aromatic heterocycles. The van der Waals surface area contributed by atoms with Crippen LogP contribution in [0.1, 0.15) is 10.4 Å². The predicted molar refractivity (Wildman–Crippen MR) is 43.4 cm³/mol. The molecular formula is C7H5BrFNO2. The lowest BCUT2D eigenvalue weighted by molar-refractivity contribution is 0.0701. The SMILES string of the molecule is O=C(NO)c1cc(Br)ccc1F. The van der Waals surface area contributed by atoms with Crippen molar-refractivity contribution >= 4 is 21.8 Å². The molecule has 2 N–H and O–H groups in total. The van der Waals surface area contributed by atoms with Crippen molar-refractivity contribution < 1.29 is 14.4 Å². The Bertz CT molecular complexity index is 316. The van der Waals surface area contributed by atoms with Crippen LogP contribution >= 0.6 is 15.9 Å².